The van der Waals surface area contributed by atoms with Crippen molar-refractivity contribution >= 4 is 44.9 Å². The van der Waals surface area contributed by atoms with Gasteiger partial charge in [-0.1, -0.05) is 48.3 Å². The van der Waals surface area contributed by atoms with E-state index in [1.165, 1.54) is 31.3 Å². The molecular formula is C28H26Cl2N2O6S. The Morgan fingerprint density at radius 2 is 1.72 bits per heavy atom. The van der Waals surface area contributed by atoms with E-state index < -0.39 is 16.0 Å². The Bertz CT molecular complexity index is 1610. The van der Waals surface area contributed by atoms with Crippen LogP contribution in [0.25, 0.3) is 11.3 Å². The molecule has 0 fully saturated rings. The summed E-state index contributed by atoms with van der Waals surface area (Å²) in [5.74, 6) is 0.0558. The van der Waals surface area contributed by atoms with E-state index >= 15 is 0 Å². The van der Waals surface area contributed by atoms with Crippen LogP contribution in [0.4, 0.5) is 5.69 Å². The average Bonchev–Trinajstić information content (AvgIpc) is 3.31. The molecule has 0 saturated heterocycles. The minimum absolute atomic E-state index is 0.00250. The SMILES string of the molecule is Cc1cc(OCc2c(-c3c(Cl)cccc3Cl)noc2C(C)C)ccc1N(C)S(=O)(=O)c1ccc(C(=O)O)cc1. The van der Waals surface area contributed by atoms with Gasteiger partial charge in [0, 0.05) is 18.5 Å². The van der Waals surface area contributed by atoms with Gasteiger partial charge < -0.3 is 14.4 Å². The van der Waals surface area contributed by atoms with Crippen LogP contribution in [0.2, 0.25) is 10.0 Å². The zero-order chi connectivity index (χ0) is 28.5. The van der Waals surface area contributed by atoms with Crippen LogP contribution in [0.3, 0.4) is 0 Å². The van der Waals surface area contributed by atoms with E-state index in [1.807, 2.05) is 13.8 Å². The maximum absolute atomic E-state index is 13.2. The predicted molar refractivity (Wildman–Crippen MR) is 151 cm³/mol. The lowest BCUT2D eigenvalue weighted by atomic mass is 10.0. The second kappa shape index (κ2) is 11.3. The minimum atomic E-state index is -3.92. The van der Waals surface area contributed by atoms with Crippen molar-refractivity contribution in [3.8, 4) is 17.0 Å². The third kappa shape index (κ3) is 5.75. The van der Waals surface area contributed by atoms with Crippen molar-refractivity contribution in [2.24, 2.45) is 0 Å². The minimum Gasteiger partial charge on any atom is -0.489 e. The summed E-state index contributed by atoms with van der Waals surface area (Å²) < 4.78 is 39.2. The number of benzene rings is 3. The number of rotatable bonds is 9. The number of aromatic carboxylic acids is 1. The molecule has 39 heavy (non-hydrogen) atoms. The van der Waals surface area contributed by atoms with E-state index in [1.54, 1.807) is 43.3 Å². The van der Waals surface area contributed by atoms with Gasteiger partial charge in [0.1, 0.15) is 23.8 Å². The van der Waals surface area contributed by atoms with E-state index in [4.69, 9.17) is 37.6 Å². The normalized spacial score (nSPS) is 11.6. The molecule has 0 spiro atoms. The van der Waals surface area contributed by atoms with E-state index in [9.17, 15) is 13.2 Å². The summed E-state index contributed by atoms with van der Waals surface area (Å²) in [7, 11) is -2.48. The van der Waals surface area contributed by atoms with Gasteiger partial charge in [0.2, 0.25) is 0 Å². The number of carboxylic acid groups (broad SMARTS) is 1. The van der Waals surface area contributed by atoms with Crippen molar-refractivity contribution in [2.45, 2.75) is 38.2 Å². The molecule has 0 bridgehead atoms. The first-order valence-electron chi connectivity index (χ1n) is 11.9. The standard InChI is InChI=1S/C28H26Cl2N2O6S/c1-16(2)27-21(26(31-38-27)25-22(29)6-5-7-23(25)30)15-37-19-10-13-24(17(3)14-19)32(4)39(35,36)20-11-8-18(9-12-20)28(33)34/h5-14,16H,15H2,1-4H3,(H,33,34). The highest BCUT2D eigenvalue weighted by Crippen LogP contribution is 2.39. The third-order valence-corrected chi connectivity index (χ3v) is 8.61. The highest BCUT2D eigenvalue weighted by Gasteiger charge is 2.25. The topological polar surface area (TPSA) is 110 Å². The van der Waals surface area contributed by atoms with Gasteiger partial charge in [-0.25, -0.2) is 13.2 Å². The zero-order valence-electron chi connectivity index (χ0n) is 21.6. The molecular weight excluding hydrogens is 563 g/mol. The van der Waals surface area contributed by atoms with Gasteiger partial charge in [0.25, 0.3) is 10.0 Å². The van der Waals surface area contributed by atoms with Crippen LogP contribution in [0, 0.1) is 6.92 Å². The van der Waals surface area contributed by atoms with Crippen LogP contribution in [0.1, 0.15) is 47.0 Å². The molecule has 0 unspecified atom stereocenters. The summed E-state index contributed by atoms with van der Waals surface area (Å²) in [6.07, 6.45) is 0. The van der Waals surface area contributed by atoms with Crippen LogP contribution < -0.4 is 9.04 Å². The Hall–Kier alpha value is -3.53. The molecule has 3 aromatic carbocycles. The van der Waals surface area contributed by atoms with Gasteiger partial charge in [0.05, 0.1) is 31.8 Å². The predicted octanol–water partition coefficient (Wildman–Crippen LogP) is 7.18. The molecule has 4 rings (SSSR count). The fourth-order valence-corrected chi connectivity index (χ4v) is 5.96. The quantitative estimate of drug-likeness (QED) is 0.220. The van der Waals surface area contributed by atoms with Crippen LogP contribution in [-0.4, -0.2) is 31.7 Å². The first kappa shape index (κ1) is 28.5. The van der Waals surface area contributed by atoms with Gasteiger partial charge in [0.15, 0.2) is 0 Å². The molecule has 4 aromatic rings. The van der Waals surface area contributed by atoms with Gasteiger partial charge in [-0.3, -0.25) is 4.31 Å². The number of ether oxygens (including phenoxy) is 1. The monoisotopic (exact) mass is 588 g/mol. The maximum Gasteiger partial charge on any atom is 0.335 e. The van der Waals surface area contributed by atoms with E-state index in [2.05, 4.69) is 5.16 Å². The Morgan fingerprint density at radius 3 is 2.28 bits per heavy atom. The fourth-order valence-electron chi connectivity index (χ4n) is 4.12. The number of hydrogen-bond acceptors (Lipinski definition) is 6. The van der Waals surface area contributed by atoms with Crippen LogP contribution in [-0.2, 0) is 16.6 Å². The number of carbonyl (C=O) groups is 1. The first-order valence-corrected chi connectivity index (χ1v) is 14.1. The fraction of sp³-hybridized carbons (Fsp3) is 0.214. The largest absolute Gasteiger partial charge is 0.489 e. The number of sulfonamides is 1. The molecule has 0 saturated carbocycles. The summed E-state index contributed by atoms with van der Waals surface area (Å²) in [6.45, 7) is 5.85. The number of aromatic nitrogens is 1. The summed E-state index contributed by atoms with van der Waals surface area (Å²) in [6, 6.07) is 15.3. The molecule has 204 valence electrons. The molecule has 0 aliphatic rings. The first-order chi connectivity index (χ1) is 18.4. The second-order valence-corrected chi connectivity index (χ2v) is 11.9. The molecule has 0 aliphatic carbocycles. The average molecular weight is 589 g/mol. The number of carboxylic acids is 1. The van der Waals surface area contributed by atoms with Crippen LogP contribution >= 0.6 is 23.2 Å². The molecule has 11 heteroatoms. The molecule has 0 aliphatic heterocycles. The van der Waals surface area contributed by atoms with Crippen molar-refractivity contribution in [1.82, 2.24) is 5.16 Å². The van der Waals surface area contributed by atoms with E-state index in [-0.39, 0.29) is 23.0 Å². The Kier molecular flexibility index (Phi) is 8.25. The summed E-state index contributed by atoms with van der Waals surface area (Å²) in [5.41, 5.74) is 2.88. The highest BCUT2D eigenvalue weighted by molar-refractivity contribution is 7.92. The van der Waals surface area contributed by atoms with Gasteiger partial charge in [-0.2, -0.15) is 0 Å². The number of aryl methyl sites for hydroxylation is 1. The maximum atomic E-state index is 13.2. The highest BCUT2D eigenvalue weighted by atomic mass is 35.5. The molecule has 1 aromatic heterocycles. The van der Waals surface area contributed by atoms with Crippen molar-refractivity contribution in [1.29, 1.82) is 0 Å². The lowest BCUT2D eigenvalue weighted by Gasteiger charge is -2.22. The van der Waals surface area contributed by atoms with Gasteiger partial charge in [-0.05, 0) is 67.1 Å². The van der Waals surface area contributed by atoms with E-state index in [0.717, 1.165) is 4.31 Å². The summed E-state index contributed by atoms with van der Waals surface area (Å²) >= 11 is 12.9. The molecule has 1 N–H and O–H groups in total. The van der Waals surface area contributed by atoms with E-state index in [0.29, 0.717) is 49.6 Å². The van der Waals surface area contributed by atoms with Gasteiger partial charge >= 0.3 is 5.97 Å². The molecule has 1 heterocycles. The van der Waals surface area contributed by atoms with Gasteiger partial charge in [-0.15, -0.1) is 0 Å². The lowest BCUT2D eigenvalue weighted by molar-refractivity contribution is 0.0696. The smallest absolute Gasteiger partial charge is 0.335 e. The zero-order valence-corrected chi connectivity index (χ0v) is 23.9. The Labute approximate surface area is 236 Å². The molecule has 8 nitrogen and oxygen atoms in total. The number of hydrogen-bond donors (Lipinski definition) is 1. The van der Waals surface area contributed by atoms with Crippen molar-refractivity contribution in [3.63, 3.8) is 0 Å². The molecule has 0 atom stereocenters. The number of nitrogens with zero attached hydrogens (tertiary/aromatic N) is 2. The number of halogens is 2. The van der Waals surface area contributed by atoms with Crippen molar-refractivity contribution < 1.29 is 27.6 Å². The van der Waals surface area contributed by atoms with Crippen LogP contribution in [0.15, 0.2) is 70.1 Å². The molecule has 0 amide bonds. The third-order valence-electron chi connectivity index (χ3n) is 6.19. The van der Waals surface area contributed by atoms with Crippen molar-refractivity contribution in [2.75, 3.05) is 11.4 Å². The molecule has 0 radical (unpaired) electrons. The summed E-state index contributed by atoms with van der Waals surface area (Å²) in [4.78, 5) is 11.1. The summed E-state index contributed by atoms with van der Waals surface area (Å²) in [5, 5.41) is 14.2. The van der Waals surface area contributed by atoms with Crippen molar-refractivity contribution in [3.05, 3.63) is 93.2 Å². The van der Waals surface area contributed by atoms with Crippen LogP contribution in [0.5, 0.6) is 5.75 Å². The lowest BCUT2D eigenvalue weighted by Crippen LogP contribution is -2.27. The Morgan fingerprint density at radius 1 is 1.08 bits per heavy atom. The second-order valence-electron chi connectivity index (χ2n) is 9.16. The number of anilines is 1. The Balaban J connectivity index is 1.59.